The molecule has 1 amide bonds. The van der Waals surface area contributed by atoms with Crippen molar-refractivity contribution in [3.63, 3.8) is 0 Å². The molecule has 1 heterocycles. The standard InChI is InChI=1S/C11H12BrFN2O/c12-8-1-2-9(10(13)7-8)11(16)15-5-3-14-4-6-15/h1-2,7,14H,3-6H2. The molecular formula is C11H12BrFN2O. The number of carbonyl (C=O) groups is 1. The first-order valence-corrected chi connectivity index (χ1v) is 5.93. The van der Waals surface area contributed by atoms with E-state index in [1.165, 1.54) is 12.1 Å². The number of amides is 1. The molecule has 3 nitrogen and oxygen atoms in total. The van der Waals surface area contributed by atoms with Crippen molar-refractivity contribution in [1.82, 2.24) is 10.2 Å². The lowest BCUT2D eigenvalue weighted by molar-refractivity contribution is 0.0731. The second-order valence-corrected chi connectivity index (χ2v) is 4.58. The molecule has 0 spiro atoms. The predicted molar refractivity (Wildman–Crippen MR) is 62.9 cm³/mol. The van der Waals surface area contributed by atoms with E-state index in [0.29, 0.717) is 17.6 Å². The van der Waals surface area contributed by atoms with Crippen molar-refractivity contribution < 1.29 is 9.18 Å². The fourth-order valence-electron chi connectivity index (χ4n) is 1.70. The Kier molecular flexibility index (Phi) is 3.56. The van der Waals surface area contributed by atoms with Crippen LogP contribution in [0.2, 0.25) is 0 Å². The number of nitrogens with zero attached hydrogens (tertiary/aromatic N) is 1. The topological polar surface area (TPSA) is 32.3 Å². The molecule has 1 aliphatic heterocycles. The monoisotopic (exact) mass is 286 g/mol. The molecule has 0 saturated carbocycles. The summed E-state index contributed by atoms with van der Waals surface area (Å²) in [6, 6.07) is 4.51. The Hall–Kier alpha value is -0.940. The molecule has 0 unspecified atom stereocenters. The van der Waals surface area contributed by atoms with Gasteiger partial charge in [-0.15, -0.1) is 0 Å². The fraction of sp³-hybridized carbons (Fsp3) is 0.364. The highest BCUT2D eigenvalue weighted by molar-refractivity contribution is 9.10. The third-order valence-electron chi connectivity index (χ3n) is 2.57. The minimum atomic E-state index is -0.474. The van der Waals surface area contributed by atoms with Gasteiger partial charge in [0.05, 0.1) is 5.56 Å². The summed E-state index contributed by atoms with van der Waals surface area (Å²) in [5.74, 6) is -0.704. The predicted octanol–water partition coefficient (Wildman–Crippen LogP) is 1.63. The lowest BCUT2D eigenvalue weighted by Crippen LogP contribution is -2.46. The molecule has 5 heteroatoms. The maximum atomic E-state index is 13.6. The molecule has 0 aromatic heterocycles. The van der Waals surface area contributed by atoms with Crippen molar-refractivity contribution in [3.05, 3.63) is 34.1 Å². The van der Waals surface area contributed by atoms with Crippen LogP contribution in [-0.2, 0) is 0 Å². The Labute approximate surface area is 102 Å². The van der Waals surface area contributed by atoms with Gasteiger partial charge in [-0.25, -0.2) is 4.39 Å². The molecule has 0 bridgehead atoms. The van der Waals surface area contributed by atoms with Gasteiger partial charge >= 0.3 is 0 Å². The third-order valence-corrected chi connectivity index (χ3v) is 3.06. The molecule has 16 heavy (non-hydrogen) atoms. The van der Waals surface area contributed by atoms with Crippen LogP contribution in [0.25, 0.3) is 0 Å². The molecule has 1 aliphatic rings. The lowest BCUT2D eigenvalue weighted by Gasteiger charge is -2.27. The van der Waals surface area contributed by atoms with Crippen molar-refractivity contribution in [2.24, 2.45) is 0 Å². The van der Waals surface area contributed by atoms with Crippen molar-refractivity contribution >= 4 is 21.8 Å². The molecule has 2 rings (SSSR count). The van der Waals surface area contributed by atoms with Crippen LogP contribution in [0.5, 0.6) is 0 Å². The van der Waals surface area contributed by atoms with E-state index >= 15 is 0 Å². The summed E-state index contributed by atoms with van der Waals surface area (Å²) in [7, 11) is 0. The molecule has 1 saturated heterocycles. The van der Waals surface area contributed by atoms with Crippen LogP contribution in [0.4, 0.5) is 4.39 Å². The summed E-state index contributed by atoms with van der Waals surface area (Å²) in [5, 5.41) is 3.15. The second-order valence-electron chi connectivity index (χ2n) is 3.67. The largest absolute Gasteiger partial charge is 0.336 e. The first-order valence-electron chi connectivity index (χ1n) is 5.13. The molecule has 86 valence electrons. The van der Waals surface area contributed by atoms with E-state index in [0.717, 1.165) is 13.1 Å². The highest BCUT2D eigenvalue weighted by Crippen LogP contribution is 2.17. The Morgan fingerprint density at radius 1 is 1.38 bits per heavy atom. The van der Waals surface area contributed by atoms with E-state index in [-0.39, 0.29) is 11.5 Å². The Bertz CT molecular complexity index is 405. The van der Waals surface area contributed by atoms with Gasteiger partial charge in [0.2, 0.25) is 0 Å². The molecule has 1 aromatic carbocycles. The van der Waals surface area contributed by atoms with Gasteiger partial charge in [0.1, 0.15) is 5.82 Å². The van der Waals surface area contributed by atoms with Crippen molar-refractivity contribution in [2.75, 3.05) is 26.2 Å². The number of nitrogens with one attached hydrogen (secondary N) is 1. The first-order chi connectivity index (χ1) is 7.68. The summed E-state index contributed by atoms with van der Waals surface area (Å²) in [5.41, 5.74) is 0.144. The minimum absolute atomic E-state index is 0.144. The van der Waals surface area contributed by atoms with E-state index in [1.807, 2.05) is 0 Å². The number of hydrogen-bond donors (Lipinski definition) is 1. The minimum Gasteiger partial charge on any atom is -0.336 e. The van der Waals surface area contributed by atoms with E-state index in [4.69, 9.17) is 0 Å². The van der Waals surface area contributed by atoms with E-state index < -0.39 is 5.82 Å². The van der Waals surface area contributed by atoms with Gasteiger partial charge in [0.15, 0.2) is 0 Å². The number of halogens is 2. The zero-order chi connectivity index (χ0) is 11.5. The Balaban J connectivity index is 2.19. The van der Waals surface area contributed by atoms with Gasteiger partial charge in [-0.2, -0.15) is 0 Å². The zero-order valence-corrected chi connectivity index (χ0v) is 10.3. The fourth-order valence-corrected chi connectivity index (χ4v) is 2.03. The number of hydrogen-bond acceptors (Lipinski definition) is 2. The smallest absolute Gasteiger partial charge is 0.256 e. The average Bonchev–Trinajstić information content (AvgIpc) is 2.29. The van der Waals surface area contributed by atoms with E-state index in [1.54, 1.807) is 11.0 Å². The summed E-state index contributed by atoms with van der Waals surface area (Å²) >= 11 is 3.17. The average molecular weight is 287 g/mol. The Morgan fingerprint density at radius 3 is 2.69 bits per heavy atom. The van der Waals surface area contributed by atoms with Crippen molar-refractivity contribution in [3.8, 4) is 0 Å². The third kappa shape index (κ3) is 2.41. The van der Waals surface area contributed by atoms with Crippen LogP contribution < -0.4 is 5.32 Å². The first kappa shape index (κ1) is 11.5. The SMILES string of the molecule is O=C(c1ccc(Br)cc1F)N1CCNCC1. The number of rotatable bonds is 1. The maximum absolute atomic E-state index is 13.6. The maximum Gasteiger partial charge on any atom is 0.256 e. The van der Waals surface area contributed by atoms with Gasteiger partial charge < -0.3 is 10.2 Å². The van der Waals surface area contributed by atoms with Crippen LogP contribution in [0, 0.1) is 5.82 Å². The van der Waals surface area contributed by atoms with Gasteiger partial charge in [0.25, 0.3) is 5.91 Å². The van der Waals surface area contributed by atoms with Crippen molar-refractivity contribution in [1.29, 1.82) is 0 Å². The quantitative estimate of drug-likeness (QED) is 0.851. The van der Waals surface area contributed by atoms with Crippen LogP contribution in [0.3, 0.4) is 0 Å². The summed E-state index contributed by atoms with van der Waals surface area (Å²) in [4.78, 5) is 13.6. The van der Waals surface area contributed by atoms with Gasteiger partial charge in [-0.1, -0.05) is 15.9 Å². The number of benzene rings is 1. The van der Waals surface area contributed by atoms with Crippen LogP contribution in [0.1, 0.15) is 10.4 Å². The number of carbonyl (C=O) groups excluding carboxylic acids is 1. The van der Waals surface area contributed by atoms with Gasteiger partial charge in [-0.05, 0) is 18.2 Å². The van der Waals surface area contributed by atoms with Crippen LogP contribution >= 0.6 is 15.9 Å². The van der Waals surface area contributed by atoms with E-state index in [9.17, 15) is 9.18 Å². The zero-order valence-electron chi connectivity index (χ0n) is 8.67. The highest BCUT2D eigenvalue weighted by Gasteiger charge is 2.20. The molecule has 1 aromatic rings. The molecular weight excluding hydrogens is 275 g/mol. The lowest BCUT2D eigenvalue weighted by atomic mass is 10.1. The van der Waals surface area contributed by atoms with Crippen LogP contribution in [0.15, 0.2) is 22.7 Å². The van der Waals surface area contributed by atoms with Crippen molar-refractivity contribution in [2.45, 2.75) is 0 Å². The summed E-state index contributed by atoms with van der Waals surface area (Å²) in [6.07, 6.45) is 0. The Morgan fingerprint density at radius 2 is 2.06 bits per heavy atom. The van der Waals surface area contributed by atoms with Gasteiger partial charge in [0, 0.05) is 30.7 Å². The molecule has 0 atom stereocenters. The molecule has 1 fully saturated rings. The normalized spacial score (nSPS) is 16.2. The molecule has 1 N–H and O–H groups in total. The van der Waals surface area contributed by atoms with Gasteiger partial charge in [-0.3, -0.25) is 4.79 Å². The highest BCUT2D eigenvalue weighted by atomic mass is 79.9. The summed E-state index contributed by atoms with van der Waals surface area (Å²) in [6.45, 7) is 2.80. The second kappa shape index (κ2) is 4.93. The molecule has 0 aliphatic carbocycles. The molecule has 0 radical (unpaired) electrons. The van der Waals surface area contributed by atoms with E-state index in [2.05, 4.69) is 21.2 Å². The van der Waals surface area contributed by atoms with Crippen LogP contribution in [-0.4, -0.2) is 37.0 Å². The summed E-state index contributed by atoms with van der Waals surface area (Å²) < 4.78 is 14.2. The number of piperazine rings is 1.